The van der Waals surface area contributed by atoms with Crippen LogP contribution in [0.5, 0.6) is 0 Å². The summed E-state index contributed by atoms with van der Waals surface area (Å²) < 4.78 is 0. The summed E-state index contributed by atoms with van der Waals surface area (Å²) in [6.07, 6.45) is 0. The van der Waals surface area contributed by atoms with E-state index in [1.807, 2.05) is 0 Å². The van der Waals surface area contributed by atoms with E-state index in [9.17, 15) is 0 Å². The summed E-state index contributed by atoms with van der Waals surface area (Å²) in [4.78, 5) is 8.24. The molecule has 0 aromatic rings. The summed E-state index contributed by atoms with van der Waals surface area (Å²) in [5, 5.41) is 6.76. The van der Waals surface area contributed by atoms with Crippen LogP contribution in [0.25, 0.3) is 0 Å². The summed E-state index contributed by atoms with van der Waals surface area (Å²) in [7, 11) is 0. The van der Waals surface area contributed by atoms with E-state index in [2.05, 4.69) is 0 Å². The molecule has 0 aromatic carbocycles. The zero-order chi connectivity index (χ0) is 2.71. The van der Waals surface area contributed by atoms with Crippen LogP contribution in [0.3, 0.4) is 0 Å². The molecule has 0 rings (SSSR count). The molecule has 2 radical (unpaired) electrons. The predicted octanol–water partition coefficient (Wildman–Crippen LogP) is -0.391. The monoisotopic (exact) mass is 344 g/mol. The van der Waals surface area contributed by atoms with E-state index in [4.69, 9.17) is 9.90 Å². The van der Waals surface area contributed by atoms with Crippen LogP contribution in [-0.4, -0.2) is 11.6 Å². The first kappa shape index (κ1) is 16.7. The molecule has 0 fully saturated rings. The predicted molar refractivity (Wildman–Crippen MR) is 8.32 cm³/mol. The van der Waals surface area contributed by atoms with Gasteiger partial charge in [-0.15, -0.1) is 0 Å². The van der Waals surface area contributed by atoms with Crippen LogP contribution < -0.4 is 0 Å². The maximum Gasteiger partial charge on any atom is 0 e. The van der Waals surface area contributed by atoms with Crippen LogP contribution in [0.1, 0.15) is 0 Å². The third-order valence-electron chi connectivity index (χ3n) is 0. The van der Waals surface area contributed by atoms with Crippen LogP contribution in [0.2, 0.25) is 0 Å². The molecule has 0 spiro atoms. The molecule has 0 aliphatic heterocycles. The molecule has 1 N–H and O–H groups in total. The third-order valence-corrected chi connectivity index (χ3v) is 0. The van der Waals surface area contributed by atoms with E-state index in [-0.39, 0.29) is 47.0 Å². The van der Waals surface area contributed by atoms with Gasteiger partial charge in [-0.1, -0.05) is 6.47 Å². The van der Waals surface area contributed by atoms with E-state index in [0.29, 0.717) is 6.47 Å². The van der Waals surface area contributed by atoms with E-state index in [1.54, 1.807) is 0 Å². The molecule has 0 aliphatic rings. The van der Waals surface area contributed by atoms with Crippen molar-refractivity contribution in [1.29, 1.82) is 0 Å². The van der Waals surface area contributed by atoms with Crippen molar-refractivity contribution in [2.75, 3.05) is 0 Å². The van der Waals surface area contributed by atoms with E-state index in [0.717, 1.165) is 0 Å². The second kappa shape index (κ2) is 20.0. The molecule has 0 amide bonds. The Kier molecular flexibility index (Phi) is 66.6. The number of hydrogen-bond acceptors (Lipinski definition) is 1. The van der Waals surface area contributed by atoms with Gasteiger partial charge in [0, 0.05) is 47.0 Å². The molecule has 0 bridgehead atoms. The van der Waals surface area contributed by atoms with E-state index >= 15 is 0 Å². The van der Waals surface area contributed by atoms with Gasteiger partial charge in [0.15, 0.2) is 0 Å². The Morgan fingerprint density at radius 1 is 1.60 bits per heavy atom. The SMILES string of the molecule is O=[C-]O.[Cu].[Np]. The minimum absolute atomic E-state index is 0. The minimum Gasteiger partial charge on any atom is -0.665 e. The van der Waals surface area contributed by atoms with Gasteiger partial charge >= 0.3 is 0 Å². The van der Waals surface area contributed by atoms with Gasteiger partial charge in [0.2, 0.25) is 0 Å². The van der Waals surface area contributed by atoms with Crippen molar-refractivity contribution in [1.82, 2.24) is 0 Å². The first-order valence-corrected chi connectivity index (χ1v) is 0.428. The number of hydrogen-bond donors (Lipinski definition) is 1. The zero-order valence-corrected chi connectivity index (χ0v) is 6.77. The number of aliphatic hydroxyl groups excluding tert-OH is 1. The van der Waals surface area contributed by atoms with Crippen molar-refractivity contribution < 1.29 is 56.9 Å². The molecule has 0 saturated heterocycles. The zero-order valence-electron chi connectivity index (χ0n) is 2.10. The van der Waals surface area contributed by atoms with Crippen LogP contribution in [0.15, 0.2) is 0 Å². The normalized spacial score (nSPS) is 2.40. The molecule has 0 aliphatic carbocycles. The van der Waals surface area contributed by atoms with Gasteiger partial charge in [-0.05, 0) is 0 Å². The van der Waals surface area contributed by atoms with Gasteiger partial charge in [0.25, 0.3) is 0 Å². The minimum atomic E-state index is 0. The Balaban J connectivity index is -0.0000000200. The fourth-order valence-corrected chi connectivity index (χ4v) is 0. The van der Waals surface area contributed by atoms with Crippen molar-refractivity contribution >= 4 is 6.47 Å². The second-order valence-corrected chi connectivity index (χ2v) is 0.0913. The summed E-state index contributed by atoms with van der Waals surface area (Å²) in [6, 6.07) is 0. The molecule has 0 heterocycles. The largest absolute Gasteiger partial charge is 0.665 e. The molecule has 0 atom stereocenters. The molecule has 0 aromatic heterocycles. The van der Waals surface area contributed by atoms with Crippen LogP contribution in [0.4, 0.5) is 0 Å². The average molecular weight is 346 g/mol. The van der Waals surface area contributed by atoms with Gasteiger partial charge in [0.1, 0.15) is 0 Å². The summed E-state index contributed by atoms with van der Waals surface area (Å²) in [6.45, 7) is 0.500. The number of rotatable bonds is 0. The van der Waals surface area contributed by atoms with Crippen LogP contribution >= 0.6 is 0 Å². The fourth-order valence-electron chi connectivity index (χ4n) is 0. The second-order valence-electron chi connectivity index (χ2n) is 0.0913. The maximum absolute atomic E-state index is 8.24. The Morgan fingerprint density at radius 3 is 1.60 bits per heavy atom. The van der Waals surface area contributed by atoms with Gasteiger partial charge in [-0.25, -0.2) is 0 Å². The smallest absolute Gasteiger partial charge is 0 e. The van der Waals surface area contributed by atoms with E-state index < -0.39 is 0 Å². The average Bonchev–Trinajstić information content (AvgIpc) is 0.918. The third kappa shape index (κ3) is 44.9. The standard InChI is InChI=1S/CHO2.Cu.Np/c2-1-3;;/h(H,2,3);;/q-1;;. The topological polar surface area (TPSA) is 37.3 Å². The fraction of sp³-hybridized carbons (Fsp3) is 0. The van der Waals surface area contributed by atoms with Gasteiger partial charge in [0.05, 0.1) is 0 Å². The summed E-state index contributed by atoms with van der Waals surface area (Å²) in [5.74, 6) is 0. The molecule has 5 heavy (non-hydrogen) atoms. The molecular weight excluding hydrogens is 345 g/mol. The Bertz CT molecular complexity index is 17.1. The summed E-state index contributed by atoms with van der Waals surface area (Å²) in [5.41, 5.74) is 0. The quantitative estimate of drug-likeness (QED) is 0.480. The van der Waals surface area contributed by atoms with Gasteiger partial charge < -0.3 is 9.90 Å². The summed E-state index contributed by atoms with van der Waals surface area (Å²) >= 11 is 0. The van der Waals surface area contributed by atoms with Crippen molar-refractivity contribution in [3.8, 4) is 0 Å². The first-order chi connectivity index (χ1) is 1.41. The molecule has 34 valence electrons. The molecule has 0 saturated carbocycles. The molecule has 0 unspecified atom stereocenters. The Morgan fingerprint density at radius 2 is 1.60 bits per heavy atom. The van der Waals surface area contributed by atoms with Gasteiger partial charge in [-0.3, -0.25) is 0 Å². The van der Waals surface area contributed by atoms with Crippen LogP contribution in [0, 0.1) is 29.9 Å². The Labute approximate surface area is 63.1 Å². The molecular formula is CHCuNpO2-. The maximum atomic E-state index is 8.24. The van der Waals surface area contributed by atoms with Crippen molar-refractivity contribution in [3.63, 3.8) is 0 Å². The molecule has 2 nitrogen and oxygen atoms in total. The van der Waals surface area contributed by atoms with Crippen molar-refractivity contribution in [3.05, 3.63) is 0 Å². The van der Waals surface area contributed by atoms with Crippen LogP contribution in [-0.2, 0) is 21.9 Å². The van der Waals surface area contributed by atoms with Crippen molar-refractivity contribution in [2.24, 2.45) is 0 Å². The molecule has 4 heteroatoms. The first-order valence-electron chi connectivity index (χ1n) is 0.428. The van der Waals surface area contributed by atoms with E-state index in [1.165, 1.54) is 0 Å². The van der Waals surface area contributed by atoms with Gasteiger partial charge in [-0.2, -0.15) is 0 Å². The van der Waals surface area contributed by atoms with Crippen molar-refractivity contribution in [2.45, 2.75) is 0 Å². The Hall–Kier alpha value is 1.00.